The van der Waals surface area contributed by atoms with E-state index in [9.17, 15) is 9.59 Å². The number of carbonyl (C=O) groups excluding carboxylic acids is 2. The van der Waals surface area contributed by atoms with Crippen molar-refractivity contribution >= 4 is 33.8 Å². The van der Waals surface area contributed by atoms with Crippen LogP contribution in [-0.2, 0) is 4.79 Å². The Morgan fingerprint density at radius 1 is 1.32 bits per heavy atom. The fourth-order valence-electron chi connectivity index (χ4n) is 2.33. The number of hydrogen-bond donors (Lipinski definition) is 2. The number of rotatable bonds is 4. The first kappa shape index (κ1) is 14.4. The standard InChI is InChI=1S/C15H15N3O3S/c16-14(20)10-5-8-22-15(10)17-13(19)9-18-6-7-21-12-4-2-1-3-11(12)18/h1-5,8H,6-7,9H2,(H2,16,20)(H,17,19). The number of anilines is 2. The lowest BCUT2D eigenvalue weighted by Crippen LogP contribution is -2.38. The fraction of sp³-hybridized carbons (Fsp3) is 0.200. The van der Waals surface area contributed by atoms with Crippen molar-refractivity contribution in [2.45, 2.75) is 0 Å². The summed E-state index contributed by atoms with van der Waals surface area (Å²) in [5.74, 6) is 0.0328. The van der Waals surface area contributed by atoms with Gasteiger partial charge in [-0.3, -0.25) is 9.59 Å². The zero-order chi connectivity index (χ0) is 15.5. The second kappa shape index (κ2) is 6.07. The Hall–Kier alpha value is -2.54. The van der Waals surface area contributed by atoms with Crippen LogP contribution in [0.15, 0.2) is 35.7 Å². The molecule has 3 N–H and O–H groups in total. The van der Waals surface area contributed by atoms with Crippen LogP contribution in [0.25, 0.3) is 0 Å². The van der Waals surface area contributed by atoms with Gasteiger partial charge in [-0.25, -0.2) is 0 Å². The molecule has 0 bridgehead atoms. The number of amides is 2. The molecule has 1 aliphatic rings. The molecule has 1 aliphatic heterocycles. The minimum absolute atomic E-state index is 0.191. The van der Waals surface area contributed by atoms with E-state index >= 15 is 0 Å². The van der Waals surface area contributed by atoms with E-state index in [1.165, 1.54) is 11.3 Å². The number of fused-ring (bicyclic) bond motifs is 1. The number of carbonyl (C=O) groups is 2. The molecule has 0 fully saturated rings. The maximum absolute atomic E-state index is 12.2. The summed E-state index contributed by atoms with van der Waals surface area (Å²) in [5.41, 5.74) is 6.50. The second-order valence-corrected chi connectivity index (χ2v) is 5.73. The summed E-state index contributed by atoms with van der Waals surface area (Å²) >= 11 is 1.28. The smallest absolute Gasteiger partial charge is 0.251 e. The Morgan fingerprint density at radius 3 is 2.95 bits per heavy atom. The van der Waals surface area contributed by atoms with Crippen LogP contribution in [0.5, 0.6) is 5.75 Å². The van der Waals surface area contributed by atoms with Gasteiger partial charge in [0.1, 0.15) is 17.4 Å². The first-order valence-electron chi connectivity index (χ1n) is 6.79. The van der Waals surface area contributed by atoms with Crippen molar-refractivity contribution in [2.24, 2.45) is 5.73 Å². The van der Waals surface area contributed by atoms with E-state index in [4.69, 9.17) is 10.5 Å². The number of para-hydroxylation sites is 2. The van der Waals surface area contributed by atoms with Crippen LogP contribution < -0.4 is 20.7 Å². The summed E-state index contributed by atoms with van der Waals surface area (Å²) in [7, 11) is 0. The summed E-state index contributed by atoms with van der Waals surface area (Å²) in [6.45, 7) is 1.36. The van der Waals surface area contributed by atoms with Gasteiger partial charge in [0.2, 0.25) is 5.91 Å². The van der Waals surface area contributed by atoms with Gasteiger partial charge in [0.25, 0.3) is 5.91 Å². The molecule has 2 heterocycles. The van der Waals surface area contributed by atoms with Crippen LogP contribution in [0.2, 0.25) is 0 Å². The van der Waals surface area contributed by atoms with Gasteiger partial charge in [-0.05, 0) is 23.6 Å². The Balaban J connectivity index is 1.70. The van der Waals surface area contributed by atoms with Crippen LogP contribution in [0.3, 0.4) is 0 Å². The number of primary amides is 1. The molecule has 1 aromatic carbocycles. The third-order valence-corrected chi connectivity index (χ3v) is 4.17. The average molecular weight is 317 g/mol. The second-order valence-electron chi connectivity index (χ2n) is 4.81. The van der Waals surface area contributed by atoms with Gasteiger partial charge in [0.15, 0.2) is 0 Å². The molecule has 2 aromatic rings. The Kier molecular flexibility index (Phi) is 3.97. The molecule has 6 nitrogen and oxygen atoms in total. The maximum atomic E-state index is 12.2. The minimum Gasteiger partial charge on any atom is -0.490 e. The number of hydrogen-bond acceptors (Lipinski definition) is 5. The predicted octanol–water partition coefficient (Wildman–Crippen LogP) is 1.68. The first-order chi connectivity index (χ1) is 10.6. The van der Waals surface area contributed by atoms with Crippen LogP contribution in [0.1, 0.15) is 10.4 Å². The lowest BCUT2D eigenvalue weighted by atomic mass is 10.2. The highest BCUT2D eigenvalue weighted by atomic mass is 32.1. The first-order valence-corrected chi connectivity index (χ1v) is 7.67. The van der Waals surface area contributed by atoms with Crippen LogP contribution >= 0.6 is 11.3 Å². The summed E-state index contributed by atoms with van der Waals surface area (Å²) in [5, 5.41) is 4.95. The highest BCUT2D eigenvalue weighted by Gasteiger charge is 2.20. The highest BCUT2D eigenvalue weighted by Crippen LogP contribution is 2.30. The predicted molar refractivity (Wildman–Crippen MR) is 85.6 cm³/mol. The number of nitrogens with zero attached hydrogens (tertiary/aromatic N) is 1. The molecule has 0 aliphatic carbocycles. The molecule has 1 aromatic heterocycles. The van der Waals surface area contributed by atoms with E-state index in [1.807, 2.05) is 29.2 Å². The van der Waals surface area contributed by atoms with Crippen LogP contribution in [0.4, 0.5) is 10.7 Å². The summed E-state index contributed by atoms with van der Waals surface area (Å²) in [4.78, 5) is 25.4. The molecular formula is C15H15N3O3S. The maximum Gasteiger partial charge on any atom is 0.251 e. The van der Waals surface area contributed by atoms with Crippen molar-refractivity contribution < 1.29 is 14.3 Å². The number of nitrogens with one attached hydrogen (secondary N) is 1. The highest BCUT2D eigenvalue weighted by molar-refractivity contribution is 7.14. The average Bonchev–Trinajstić information content (AvgIpc) is 2.96. The Morgan fingerprint density at radius 2 is 2.14 bits per heavy atom. The molecule has 0 unspecified atom stereocenters. The number of thiophene rings is 1. The van der Waals surface area contributed by atoms with Gasteiger partial charge in [0, 0.05) is 0 Å². The van der Waals surface area contributed by atoms with Crippen molar-refractivity contribution in [3.8, 4) is 5.75 Å². The molecule has 0 spiro atoms. The van der Waals surface area contributed by atoms with Crippen molar-refractivity contribution in [1.29, 1.82) is 0 Å². The molecule has 0 saturated heterocycles. The summed E-state index contributed by atoms with van der Waals surface area (Å²) < 4.78 is 5.56. The largest absolute Gasteiger partial charge is 0.490 e. The zero-order valence-corrected chi connectivity index (χ0v) is 12.6. The Labute approximate surface area is 131 Å². The van der Waals surface area contributed by atoms with Gasteiger partial charge in [0.05, 0.1) is 24.3 Å². The molecular weight excluding hydrogens is 302 g/mol. The van der Waals surface area contributed by atoms with E-state index < -0.39 is 5.91 Å². The van der Waals surface area contributed by atoms with Gasteiger partial charge in [-0.15, -0.1) is 11.3 Å². The number of benzene rings is 1. The lowest BCUT2D eigenvalue weighted by molar-refractivity contribution is -0.115. The SMILES string of the molecule is NC(=O)c1ccsc1NC(=O)CN1CCOc2ccccc21. The molecule has 0 radical (unpaired) electrons. The summed E-state index contributed by atoms with van der Waals surface area (Å²) in [6.07, 6.45) is 0. The fourth-order valence-corrected chi connectivity index (χ4v) is 3.14. The minimum atomic E-state index is -0.548. The lowest BCUT2D eigenvalue weighted by Gasteiger charge is -2.30. The van der Waals surface area contributed by atoms with Crippen molar-refractivity contribution in [2.75, 3.05) is 29.9 Å². The third kappa shape index (κ3) is 2.89. The third-order valence-electron chi connectivity index (χ3n) is 3.34. The normalized spacial score (nSPS) is 13.2. The van der Waals surface area contributed by atoms with E-state index in [0.29, 0.717) is 23.7 Å². The van der Waals surface area contributed by atoms with Gasteiger partial charge >= 0.3 is 0 Å². The monoisotopic (exact) mass is 317 g/mol. The Bertz CT molecular complexity index is 714. The van der Waals surface area contributed by atoms with Crippen molar-refractivity contribution in [1.82, 2.24) is 0 Å². The number of ether oxygens (including phenoxy) is 1. The van der Waals surface area contributed by atoms with Gasteiger partial charge < -0.3 is 20.7 Å². The topological polar surface area (TPSA) is 84.7 Å². The number of nitrogens with two attached hydrogens (primary N) is 1. The quantitative estimate of drug-likeness (QED) is 0.898. The molecule has 114 valence electrons. The molecule has 0 saturated carbocycles. The van der Waals surface area contributed by atoms with E-state index in [-0.39, 0.29) is 12.5 Å². The van der Waals surface area contributed by atoms with Gasteiger partial charge in [-0.2, -0.15) is 0 Å². The zero-order valence-electron chi connectivity index (χ0n) is 11.7. The van der Waals surface area contributed by atoms with Crippen LogP contribution in [0, 0.1) is 0 Å². The van der Waals surface area contributed by atoms with E-state index in [1.54, 1.807) is 11.4 Å². The molecule has 3 rings (SSSR count). The van der Waals surface area contributed by atoms with E-state index in [0.717, 1.165) is 11.4 Å². The molecule has 7 heteroatoms. The molecule has 0 atom stereocenters. The molecule has 22 heavy (non-hydrogen) atoms. The van der Waals surface area contributed by atoms with Crippen LogP contribution in [-0.4, -0.2) is 31.5 Å². The van der Waals surface area contributed by atoms with Crippen molar-refractivity contribution in [3.63, 3.8) is 0 Å². The molecule has 2 amide bonds. The van der Waals surface area contributed by atoms with Gasteiger partial charge in [-0.1, -0.05) is 12.1 Å². The van der Waals surface area contributed by atoms with E-state index in [2.05, 4.69) is 5.32 Å². The summed E-state index contributed by atoms with van der Waals surface area (Å²) in [6, 6.07) is 9.20. The van der Waals surface area contributed by atoms with Crippen molar-refractivity contribution in [3.05, 3.63) is 41.3 Å².